The van der Waals surface area contributed by atoms with Crippen molar-refractivity contribution in [2.24, 2.45) is 0 Å². The van der Waals surface area contributed by atoms with Crippen molar-refractivity contribution in [1.29, 1.82) is 0 Å². The number of benzene rings is 1. The molecule has 3 rings (SSSR count). The first-order valence-electron chi connectivity index (χ1n) is 9.63. The maximum absolute atomic E-state index is 12.3. The minimum Gasteiger partial charge on any atom is -0.372 e. The summed E-state index contributed by atoms with van der Waals surface area (Å²) in [6.07, 6.45) is 5.23. The Kier molecular flexibility index (Phi) is 6.39. The Balaban J connectivity index is 1.44. The molecule has 2 saturated heterocycles. The van der Waals surface area contributed by atoms with Crippen LogP contribution in [0.15, 0.2) is 24.3 Å². The van der Waals surface area contributed by atoms with Crippen LogP contribution in [0.4, 0.5) is 11.4 Å². The first-order valence-corrected chi connectivity index (χ1v) is 11.5. The molecule has 1 aromatic carbocycles. The Labute approximate surface area is 162 Å². The molecule has 0 spiro atoms. The average molecular weight is 395 g/mol. The molecule has 0 aliphatic carbocycles. The topological polar surface area (TPSA) is 73.0 Å². The number of sulfonamides is 1. The van der Waals surface area contributed by atoms with Gasteiger partial charge in [-0.3, -0.25) is 9.69 Å². The first-order chi connectivity index (χ1) is 12.8. The molecule has 0 aromatic heterocycles. The zero-order chi connectivity index (χ0) is 19.4. The molecule has 27 heavy (non-hydrogen) atoms. The molecule has 7 nitrogen and oxygen atoms in total. The predicted octanol–water partition coefficient (Wildman–Crippen LogP) is 1.58. The normalized spacial score (nSPS) is 19.6. The third kappa shape index (κ3) is 5.43. The molecule has 0 radical (unpaired) electrons. The molecule has 0 atom stereocenters. The predicted molar refractivity (Wildman–Crippen MR) is 109 cm³/mol. The van der Waals surface area contributed by atoms with E-state index in [4.69, 9.17) is 0 Å². The van der Waals surface area contributed by atoms with Gasteiger partial charge in [-0.2, -0.15) is 0 Å². The minimum absolute atomic E-state index is 0.0254. The van der Waals surface area contributed by atoms with E-state index in [-0.39, 0.29) is 11.9 Å². The van der Waals surface area contributed by atoms with E-state index < -0.39 is 10.0 Å². The largest absolute Gasteiger partial charge is 0.372 e. The smallest absolute Gasteiger partial charge is 0.238 e. The van der Waals surface area contributed by atoms with Gasteiger partial charge in [0.05, 0.1) is 12.8 Å². The molecule has 1 amide bonds. The second-order valence-corrected chi connectivity index (χ2v) is 9.62. The molecule has 150 valence electrons. The Morgan fingerprint density at radius 2 is 1.70 bits per heavy atom. The zero-order valence-electron chi connectivity index (χ0n) is 16.2. The van der Waals surface area contributed by atoms with E-state index in [0.29, 0.717) is 6.54 Å². The number of nitrogens with zero attached hydrogens (tertiary/aromatic N) is 3. The number of piperidine rings is 1. The van der Waals surface area contributed by atoms with Crippen LogP contribution in [0, 0.1) is 0 Å². The van der Waals surface area contributed by atoms with Crippen molar-refractivity contribution in [1.82, 2.24) is 9.21 Å². The minimum atomic E-state index is -3.16. The van der Waals surface area contributed by atoms with Gasteiger partial charge in [-0.25, -0.2) is 12.7 Å². The number of carbonyl (C=O) groups excluding carboxylic acids is 1. The SMILES string of the molecule is CN(C1CCN(CC(=O)Nc2ccc(N3CCCC3)cc2)CC1)S(C)(=O)=O. The highest BCUT2D eigenvalue weighted by Gasteiger charge is 2.27. The van der Waals surface area contributed by atoms with Gasteiger partial charge >= 0.3 is 0 Å². The zero-order valence-corrected chi connectivity index (χ0v) is 17.0. The van der Waals surface area contributed by atoms with Crippen LogP contribution in [0.25, 0.3) is 0 Å². The number of amides is 1. The fraction of sp³-hybridized carbons (Fsp3) is 0.632. The monoisotopic (exact) mass is 394 g/mol. The Bertz CT molecular complexity index is 737. The van der Waals surface area contributed by atoms with Gasteiger partial charge in [0, 0.05) is 50.6 Å². The fourth-order valence-corrected chi connectivity index (χ4v) is 4.60. The first kappa shape index (κ1) is 20.1. The van der Waals surface area contributed by atoms with E-state index in [0.717, 1.165) is 44.7 Å². The van der Waals surface area contributed by atoms with Gasteiger partial charge in [0.1, 0.15) is 0 Å². The second-order valence-electron chi connectivity index (χ2n) is 7.58. The molecule has 2 aliphatic heterocycles. The lowest BCUT2D eigenvalue weighted by molar-refractivity contribution is -0.117. The van der Waals surface area contributed by atoms with Crippen molar-refractivity contribution in [3.63, 3.8) is 0 Å². The number of nitrogens with one attached hydrogen (secondary N) is 1. The van der Waals surface area contributed by atoms with Gasteiger partial charge in [-0.05, 0) is 49.9 Å². The number of hydrogen-bond acceptors (Lipinski definition) is 5. The summed E-state index contributed by atoms with van der Waals surface area (Å²) in [5.41, 5.74) is 2.03. The standard InChI is InChI=1S/C19H30N4O3S/c1-21(27(2,25)26)17-9-13-22(14-10-17)15-19(24)20-16-5-7-18(8-6-16)23-11-3-4-12-23/h5-8,17H,3-4,9-15H2,1-2H3,(H,20,24). The van der Waals surface area contributed by atoms with Gasteiger partial charge < -0.3 is 10.2 Å². The number of rotatable bonds is 6. The molecule has 0 bridgehead atoms. The van der Waals surface area contributed by atoms with Crippen LogP contribution in [0.5, 0.6) is 0 Å². The van der Waals surface area contributed by atoms with Crippen molar-refractivity contribution in [2.75, 3.05) is 56.2 Å². The van der Waals surface area contributed by atoms with Crippen LogP contribution in [0.2, 0.25) is 0 Å². The van der Waals surface area contributed by atoms with Gasteiger partial charge in [0.25, 0.3) is 0 Å². The van der Waals surface area contributed by atoms with E-state index >= 15 is 0 Å². The van der Waals surface area contributed by atoms with Crippen molar-refractivity contribution in [3.05, 3.63) is 24.3 Å². The summed E-state index contributed by atoms with van der Waals surface area (Å²) >= 11 is 0. The summed E-state index contributed by atoms with van der Waals surface area (Å²) in [6, 6.07) is 8.07. The highest BCUT2D eigenvalue weighted by Crippen LogP contribution is 2.22. The third-order valence-corrected chi connectivity index (χ3v) is 6.93. The van der Waals surface area contributed by atoms with Gasteiger partial charge in [-0.1, -0.05) is 0 Å². The Hall–Kier alpha value is -1.64. The number of anilines is 2. The van der Waals surface area contributed by atoms with E-state index in [1.165, 1.54) is 29.1 Å². The average Bonchev–Trinajstić information content (AvgIpc) is 3.16. The van der Waals surface area contributed by atoms with Crippen LogP contribution in [-0.2, 0) is 14.8 Å². The molecule has 2 heterocycles. The summed E-state index contributed by atoms with van der Waals surface area (Å²) in [7, 11) is -1.53. The van der Waals surface area contributed by atoms with Gasteiger partial charge in [0.15, 0.2) is 0 Å². The van der Waals surface area contributed by atoms with Gasteiger partial charge in [-0.15, -0.1) is 0 Å². The molecular weight excluding hydrogens is 364 g/mol. The van der Waals surface area contributed by atoms with Crippen molar-refractivity contribution in [3.8, 4) is 0 Å². The lowest BCUT2D eigenvalue weighted by atomic mass is 10.1. The number of carbonyl (C=O) groups is 1. The van der Waals surface area contributed by atoms with Crippen LogP contribution in [-0.4, -0.2) is 75.6 Å². The Morgan fingerprint density at radius 1 is 1.11 bits per heavy atom. The second kappa shape index (κ2) is 8.58. The molecule has 2 aliphatic rings. The Morgan fingerprint density at radius 3 is 2.26 bits per heavy atom. The molecule has 8 heteroatoms. The van der Waals surface area contributed by atoms with E-state index in [9.17, 15) is 13.2 Å². The highest BCUT2D eigenvalue weighted by molar-refractivity contribution is 7.88. The summed E-state index contributed by atoms with van der Waals surface area (Å²) in [4.78, 5) is 16.8. The highest BCUT2D eigenvalue weighted by atomic mass is 32.2. The summed E-state index contributed by atoms with van der Waals surface area (Å²) in [6.45, 7) is 4.01. The maximum atomic E-state index is 12.3. The van der Waals surface area contributed by atoms with E-state index in [2.05, 4.69) is 27.2 Å². The molecule has 2 fully saturated rings. The number of hydrogen-bond donors (Lipinski definition) is 1. The van der Waals surface area contributed by atoms with Gasteiger partial charge in [0.2, 0.25) is 15.9 Å². The summed E-state index contributed by atoms with van der Waals surface area (Å²) < 4.78 is 24.7. The summed E-state index contributed by atoms with van der Waals surface area (Å²) in [5, 5.41) is 2.96. The molecule has 1 aromatic rings. The van der Waals surface area contributed by atoms with E-state index in [1.807, 2.05) is 12.1 Å². The van der Waals surface area contributed by atoms with Crippen molar-refractivity contribution >= 4 is 27.3 Å². The van der Waals surface area contributed by atoms with Crippen molar-refractivity contribution in [2.45, 2.75) is 31.7 Å². The van der Waals surface area contributed by atoms with Crippen LogP contribution >= 0.6 is 0 Å². The number of likely N-dealkylation sites (tertiary alicyclic amines) is 1. The maximum Gasteiger partial charge on any atom is 0.238 e. The molecule has 0 saturated carbocycles. The van der Waals surface area contributed by atoms with Crippen LogP contribution in [0.1, 0.15) is 25.7 Å². The summed E-state index contributed by atoms with van der Waals surface area (Å²) in [5.74, 6) is -0.0289. The molecule has 1 N–H and O–H groups in total. The van der Waals surface area contributed by atoms with E-state index in [1.54, 1.807) is 7.05 Å². The fourth-order valence-electron chi connectivity index (χ4n) is 3.85. The molecule has 0 unspecified atom stereocenters. The quantitative estimate of drug-likeness (QED) is 0.793. The van der Waals surface area contributed by atoms with Crippen LogP contribution in [0.3, 0.4) is 0 Å². The lowest BCUT2D eigenvalue weighted by Crippen LogP contribution is -2.47. The third-order valence-electron chi connectivity index (χ3n) is 5.58. The van der Waals surface area contributed by atoms with Crippen molar-refractivity contribution < 1.29 is 13.2 Å². The lowest BCUT2D eigenvalue weighted by Gasteiger charge is -2.35. The molecular formula is C19H30N4O3S. The van der Waals surface area contributed by atoms with Crippen LogP contribution < -0.4 is 10.2 Å².